The van der Waals surface area contributed by atoms with Gasteiger partial charge in [-0.25, -0.2) is 4.98 Å². The molecule has 1 aromatic heterocycles. The Kier molecular flexibility index (Phi) is 5.17. The van der Waals surface area contributed by atoms with Crippen molar-refractivity contribution in [2.75, 3.05) is 24.2 Å². The smallest absolute Gasteiger partial charge is 0.187 e. The average molecular weight is 343 g/mol. The topological polar surface area (TPSA) is 46.2 Å². The van der Waals surface area contributed by atoms with Gasteiger partial charge in [-0.2, -0.15) is 0 Å². The molecule has 4 nitrogen and oxygen atoms in total. The number of thiazole rings is 1. The molecule has 3 aromatic rings. The van der Waals surface area contributed by atoms with Crippen LogP contribution in [-0.4, -0.2) is 18.3 Å². The second kappa shape index (κ2) is 7.50. The van der Waals surface area contributed by atoms with Crippen LogP contribution in [0.2, 0.25) is 0 Å². The molecule has 1 heterocycles. The van der Waals surface area contributed by atoms with Crippen molar-refractivity contribution in [1.29, 1.82) is 0 Å². The molecule has 0 aliphatic carbocycles. The summed E-state index contributed by atoms with van der Waals surface area (Å²) in [5.41, 5.74) is 6.78. The molecule has 0 aliphatic heterocycles. The van der Waals surface area contributed by atoms with Crippen molar-refractivity contribution in [1.82, 2.24) is 4.98 Å². The normalized spacial score (nSPS) is 10.5. The summed E-state index contributed by atoms with van der Waals surface area (Å²) in [7, 11) is 1.60. The van der Waals surface area contributed by atoms with Crippen LogP contribution in [0.15, 0.2) is 58.8 Å². The van der Waals surface area contributed by atoms with E-state index >= 15 is 0 Å². The highest BCUT2D eigenvalue weighted by molar-refractivity contribution is 7.98. The molecule has 2 aromatic carbocycles. The first-order chi connectivity index (χ1) is 11.3. The fourth-order valence-electron chi connectivity index (χ4n) is 2.15. The summed E-state index contributed by atoms with van der Waals surface area (Å²) < 4.78 is 0. The summed E-state index contributed by atoms with van der Waals surface area (Å²) in [4.78, 5) is 10.8. The van der Waals surface area contributed by atoms with Crippen LogP contribution < -0.4 is 10.8 Å². The van der Waals surface area contributed by atoms with Gasteiger partial charge in [0.1, 0.15) is 0 Å². The molecule has 3 rings (SSSR count). The second-order valence-corrected chi connectivity index (χ2v) is 6.52. The summed E-state index contributed by atoms with van der Waals surface area (Å²) in [6.45, 7) is 0. The van der Waals surface area contributed by atoms with Crippen molar-refractivity contribution in [2.24, 2.45) is 0 Å². The van der Waals surface area contributed by atoms with Crippen LogP contribution in [0.5, 0.6) is 0 Å². The minimum absolute atomic E-state index is 0.878. The lowest BCUT2D eigenvalue weighted by molar-refractivity contribution is 0.271. The summed E-state index contributed by atoms with van der Waals surface area (Å²) in [5.74, 6) is 0. The molecule has 0 spiro atoms. The standard InChI is InChI=1S/C17H17N3OS2/c1-21-20-14-7-3-5-12(9-14)16-11-23-17(19-16)18-13-6-4-8-15(10-13)22-2/h3-11,20H,1-2H3,(H,18,19). The molecule has 0 fully saturated rings. The van der Waals surface area contributed by atoms with Gasteiger partial charge in [0.15, 0.2) is 5.13 Å². The van der Waals surface area contributed by atoms with Gasteiger partial charge in [-0.15, -0.1) is 23.1 Å². The molecular formula is C17H17N3OS2. The maximum Gasteiger partial charge on any atom is 0.187 e. The van der Waals surface area contributed by atoms with Gasteiger partial charge in [0.05, 0.1) is 18.5 Å². The first kappa shape index (κ1) is 15.9. The van der Waals surface area contributed by atoms with Gasteiger partial charge in [-0.05, 0) is 36.6 Å². The number of hydrogen-bond donors (Lipinski definition) is 2. The predicted octanol–water partition coefficient (Wildman–Crippen LogP) is 5.25. The fourth-order valence-corrected chi connectivity index (χ4v) is 3.35. The Balaban J connectivity index is 1.78. The molecule has 0 aliphatic rings. The fraction of sp³-hybridized carbons (Fsp3) is 0.118. The van der Waals surface area contributed by atoms with E-state index in [9.17, 15) is 0 Å². The van der Waals surface area contributed by atoms with Crippen molar-refractivity contribution < 1.29 is 4.84 Å². The van der Waals surface area contributed by atoms with Crippen molar-refractivity contribution >= 4 is 39.6 Å². The largest absolute Gasteiger partial charge is 0.332 e. The predicted molar refractivity (Wildman–Crippen MR) is 99.7 cm³/mol. The van der Waals surface area contributed by atoms with Crippen LogP contribution in [0.4, 0.5) is 16.5 Å². The number of benzene rings is 2. The summed E-state index contributed by atoms with van der Waals surface area (Å²) >= 11 is 3.32. The van der Waals surface area contributed by atoms with Crippen LogP contribution >= 0.6 is 23.1 Å². The van der Waals surface area contributed by atoms with Crippen LogP contribution in [0.3, 0.4) is 0 Å². The van der Waals surface area contributed by atoms with Crippen molar-refractivity contribution in [3.63, 3.8) is 0 Å². The number of nitrogens with zero attached hydrogens (tertiary/aromatic N) is 1. The van der Waals surface area contributed by atoms with Gasteiger partial charge in [0.2, 0.25) is 0 Å². The Labute approximate surface area is 143 Å². The Morgan fingerprint density at radius 1 is 1.09 bits per heavy atom. The van der Waals surface area contributed by atoms with E-state index in [0.29, 0.717) is 0 Å². The van der Waals surface area contributed by atoms with E-state index in [2.05, 4.69) is 34.2 Å². The van der Waals surface area contributed by atoms with E-state index in [1.165, 1.54) is 4.90 Å². The third-order valence-electron chi connectivity index (χ3n) is 3.20. The Morgan fingerprint density at radius 3 is 2.74 bits per heavy atom. The number of hydrogen-bond acceptors (Lipinski definition) is 6. The molecule has 0 unspecified atom stereocenters. The highest BCUT2D eigenvalue weighted by Crippen LogP contribution is 2.29. The van der Waals surface area contributed by atoms with Crippen LogP contribution in [0.25, 0.3) is 11.3 Å². The zero-order valence-corrected chi connectivity index (χ0v) is 14.5. The van der Waals surface area contributed by atoms with Gasteiger partial charge in [-0.3, -0.25) is 10.3 Å². The van der Waals surface area contributed by atoms with Gasteiger partial charge in [0.25, 0.3) is 0 Å². The maximum absolute atomic E-state index is 4.94. The molecule has 0 atom stereocenters. The zero-order chi connectivity index (χ0) is 16.1. The van der Waals surface area contributed by atoms with E-state index in [4.69, 9.17) is 4.84 Å². The van der Waals surface area contributed by atoms with Gasteiger partial charge < -0.3 is 5.32 Å². The first-order valence-corrected chi connectivity index (χ1v) is 9.15. The molecule has 6 heteroatoms. The summed E-state index contributed by atoms with van der Waals surface area (Å²) in [5, 5.41) is 6.29. The number of thioether (sulfide) groups is 1. The van der Waals surface area contributed by atoms with Gasteiger partial charge in [0, 0.05) is 21.5 Å². The highest BCUT2D eigenvalue weighted by Gasteiger charge is 2.06. The lowest BCUT2D eigenvalue weighted by Gasteiger charge is -2.05. The minimum atomic E-state index is 0.878. The number of rotatable bonds is 6. The molecule has 23 heavy (non-hydrogen) atoms. The monoisotopic (exact) mass is 343 g/mol. The molecule has 118 valence electrons. The van der Waals surface area contributed by atoms with Crippen molar-refractivity contribution in [2.45, 2.75) is 4.90 Å². The maximum atomic E-state index is 4.94. The molecule has 0 bridgehead atoms. The lowest BCUT2D eigenvalue weighted by Crippen LogP contribution is -1.95. The summed E-state index contributed by atoms with van der Waals surface area (Å²) in [6.07, 6.45) is 2.07. The third-order valence-corrected chi connectivity index (χ3v) is 4.69. The molecule has 0 amide bonds. The summed E-state index contributed by atoms with van der Waals surface area (Å²) in [6, 6.07) is 16.3. The molecule has 0 radical (unpaired) electrons. The number of aromatic nitrogens is 1. The Bertz CT molecular complexity index is 789. The first-order valence-electron chi connectivity index (χ1n) is 7.04. The molecule has 2 N–H and O–H groups in total. The van der Waals surface area contributed by atoms with Crippen molar-refractivity contribution in [3.05, 3.63) is 53.9 Å². The quantitative estimate of drug-likeness (QED) is 0.473. The Hall–Kier alpha value is -2.02. The average Bonchev–Trinajstić information content (AvgIpc) is 3.04. The highest BCUT2D eigenvalue weighted by atomic mass is 32.2. The van der Waals surface area contributed by atoms with E-state index in [0.717, 1.165) is 27.8 Å². The zero-order valence-electron chi connectivity index (χ0n) is 12.9. The second-order valence-electron chi connectivity index (χ2n) is 4.78. The molecule has 0 saturated carbocycles. The number of anilines is 3. The minimum Gasteiger partial charge on any atom is -0.332 e. The van der Waals surface area contributed by atoms with Crippen LogP contribution in [0.1, 0.15) is 0 Å². The van der Waals surface area contributed by atoms with E-state index < -0.39 is 0 Å². The Morgan fingerprint density at radius 2 is 1.91 bits per heavy atom. The van der Waals surface area contributed by atoms with Crippen molar-refractivity contribution in [3.8, 4) is 11.3 Å². The number of nitrogens with one attached hydrogen (secondary N) is 2. The van der Waals surface area contributed by atoms with Gasteiger partial charge in [-0.1, -0.05) is 18.2 Å². The molecular weight excluding hydrogens is 326 g/mol. The van der Waals surface area contributed by atoms with E-state index in [-0.39, 0.29) is 0 Å². The van der Waals surface area contributed by atoms with Gasteiger partial charge >= 0.3 is 0 Å². The lowest BCUT2D eigenvalue weighted by atomic mass is 10.1. The SMILES string of the molecule is CONc1cccc(-c2csc(Nc3cccc(SC)c3)n2)c1. The molecule has 0 saturated heterocycles. The van der Waals surface area contributed by atoms with E-state index in [1.807, 2.05) is 41.8 Å². The van der Waals surface area contributed by atoms with Crippen LogP contribution in [-0.2, 0) is 4.84 Å². The van der Waals surface area contributed by atoms with E-state index in [1.54, 1.807) is 30.2 Å². The van der Waals surface area contributed by atoms with Crippen LogP contribution in [0, 0.1) is 0 Å². The third kappa shape index (κ3) is 4.04.